The molecule has 1 amide bonds. The van der Waals surface area contributed by atoms with Crippen LogP contribution in [0.25, 0.3) is 0 Å². The van der Waals surface area contributed by atoms with Gasteiger partial charge in [0.2, 0.25) is 5.91 Å². The van der Waals surface area contributed by atoms with E-state index in [0.29, 0.717) is 12.3 Å². The van der Waals surface area contributed by atoms with Crippen molar-refractivity contribution in [3.05, 3.63) is 11.6 Å². The Kier molecular flexibility index (Phi) is 4.91. The van der Waals surface area contributed by atoms with Crippen molar-refractivity contribution in [3.63, 3.8) is 0 Å². The summed E-state index contributed by atoms with van der Waals surface area (Å²) in [5, 5.41) is 10.4. The van der Waals surface area contributed by atoms with Crippen molar-refractivity contribution in [2.45, 2.75) is 67.7 Å². The Hall–Kier alpha value is -1.32. The molecule has 4 heteroatoms. The first-order chi connectivity index (χ1) is 11.4. The molecular formula is C21H35NO3. The van der Waals surface area contributed by atoms with Crippen LogP contribution in [0.5, 0.6) is 0 Å². The van der Waals surface area contributed by atoms with Crippen LogP contribution in [0.15, 0.2) is 11.6 Å². The molecule has 4 nitrogen and oxygen atoms in total. The van der Waals surface area contributed by atoms with Gasteiger partial charge in [-0.1, -0.05) is 52.7 Å². The molecule has 2 saturated carbocycles. The maximum Gasteiger partial charge on any atom is 0.311 e. The third kappa shape index (κ3) is 2.47. The highest BCUT2D eigenvalue weighted by molar-refractivity contribution is 5.94. The fraction of sp³-hybridized carbons (Fsp3) is 0.810. The zero-order valence-electron chi connectivity index (χ0n) is 16.8. The molecule has 0 saturated heterocycles. The van der Waals surface area contributed by atoms with Crippen LogP contribution in [0, 0.1) is 39.9 Å². The molecule has 2 rings (SSSR count). The van der Waals surface area contributed by atoms with Gasteiger partial charge >= 0.3 is 5.97 Å². The highest BCUT2D eigenvalue weighted by Gasteiger charge is 2.85. The molecule has 0 spiro atoms. The standard InChI is InChI=1S/C21H35NO3/c1-12(2)10-16-19(6,7)21(16,18(24)25)20(17(22)23)11-14(5)8-9-15(20)13(3)4/h10,13-16H,8-9,11H2,1-7H3,(H2,22,23)(H,24,25)/t14-,15+,16+,20-,21-/m1/s1. The predicted octanol–water partition coefficient (Wildman–Crippen LogP) is 4.24. The number of carbonyl (C=O) groups excluding carboxylic acids is 1. The quantitative estimate of drug-likeness (QED) is 0.728. The van der Waals surface area contributed by atoms with Crippen molar-refractivity contribution in [2.24, 2.45) is 45.7 Å². The molecule has 0 bridgehead atoms. The number of primary amides is 1. The normalized spacial score (nSPS) is 39.8. The second kappa shape index (κ2) is 6.14. The van der Waals surface area contributed by atoms with Gasteiger partial charge in [0.25, 0.3) is 0 Å². The zero-order valence-corrected chi connectivity index (χ0v) is 16.8. The van der Waals surface area contributed by atoms with Gasteiger partial charge in [0.1, 0.15) is 0 Å². The van der Waals surface area contributed by atoms with Crippen molar-refractivity contribution in [3.8, 4) is 0 Å². The van der Waals surface area contributed by atoms with Gasteiger partial charge in [-0.05, 0) is 49.9 Å². The molecular weight excluding hydrogens is 314 g/mol. The van der Waals surface area contributed by atoms with Crippen molar-refractivity contribution in [1.29, 1.82) is 0 Å². The highest BCUT2D eigenvalue weighted by atomic mass is 16.4. The van der Waals surface area contributed by atoms with Gasteiger partial charge in [0.15, 0.2) is 0 Å². The SMILES string of the molecule is CC(C)=C[C@H]1C(C)(C)[C@@]1(C(=O)O)[C@]1(C(N)=O)C[C@H](C)CC[C@H]1C(C)C. The minimum Gasteiger partial charge on any atom is -0.481 e. The van der Waals surface area contributed by atoms with Crippen LogP contribution >= 0.6 is 0 Å². The molecule has 25 heavy (non-hydrogen) atoms. The Morgan fingerprint density at radius 3 is 2.16 bits per heavy atom. The van der Waals surface area contributed by atoms with Crippen molar-refractivity contribution in [1.82, 2.24) is 0 Å². The van der Waals surface area contributed by atoms with E-state index in [1.54, 1.807) is 0 Å². The number of carbonyl (C=O) groups is 2. The van der Waals surface area contributed by atoms with Crippen molar-refractivity contribution in [2.75, 3.05) is 0 Å². The first-order valence-electron chi connectivity index (χ1n) is 9.55. The smallest absolute Gasteiger partial charge is 0.311 e. The largest absolute Gasteiger partial charge is 0.481 e. The number of carboxylic acids is 1. The van der Waals surface area contributed by atoms with Gasteiger partial charge in [0.05, 0.1) is 10.8 Å². The lowest BCUT2D eigenvalue weighted by Gasteiger charge is -2.51. The molecule has 0 heterocycles. The Morgan fingerprint density at radius 2 is 1.76 bits per heavy atom. The van der Waals surface area contributed by atoms with Crippen LogP contribution in [0.4, 0.5) is 0 Å². The van der Waals surface area contributed by atoms with E-state index in [9.17, 15) is 14.7 Å². The number of nitrogens with two attached hydrogens (primary N) is 1. The number of carboxylic acid groups (broad SMARTS) is 1. The third-order valence-corrected chi connectivity index (χ3v) is 7.24. The molecule has 142 valence electrons. The summed E-state index contributed by atoms with van der Waals surface area (Å²) in [4.78, 5) is 25.7. The average Bonchev–Trinajstić information content (AvgIpc) is 2.94. The van der Waals surface area contributed by atoms with E-state index in [-0.39, 0.29) is 17.8 Å². The van der Waals surface area contributed by atoms with Gasteiger partial charge < -0.3 is 10.8 Å². The summed E-state index contributed by atoms with van der Waals surface area (Å²) < 4.78 is 0. The molecule has 2 aliphatic rings. The topological polar surface area (TPSA) is 80.4 Å². The number of rotatable bonds is 5. The van der Waals surface area contributed by atoms with Crippen LogP contribution in [0.3, 0.4) is 0 Å². The zero-order chi connectivity index (χ0) is 19.4. The van der Waals surface area contributed by atoms with Gasteiger partial charge in [-0.25, -0.2) is 0 Å². The molecule has 0 aliphatic heterocycles. The van der Waals surface area contributed by atoms with Crippen molar-refractivity contribution < 1.29 is 14.7 Å². The monoisotopic (exact) mass is 349 g/mol. The lowest BCUT2D eigenvalue weighted by molar-refractivity contribution is -0.169. The van der Waals surface area contributed by atoms with E-state index >= 15 is 0 Å². The van der Waals surface area contributed by atoms with Crippen LogP contribution in [-0.4, -0.2) is 17.0 Å². The molecule has 0 radical (unpaired) electrons. The van der Waals surface area contributed by atoms with Gasteiger partial charge in [-0.15, -0.1) is 0 Å². The summed E-state index contributed by atoms with van der Waals surface area (Å²) >= 11 is 0. The Labute approximate surface area is 152 Å². The van der Waals surface area contributed by atoms with Crippen LogP contribution < -0.4 is 5.73 Å². The summed E-state index contributed by atoms with van der Waals surface area (Å²) in [7, 11) is 0. The van der Waals surface area contributed by atoms with Gasteiger partial charge in [-0.3, -0.25) is 9.59 Å². The summed E-state index contributed by atoms with van der Waals surface area (Å²) in [6.45, 7) is 14.3. The van der Waals surface area contributed by atoms with Crippen LogP contribution in [0.1, 0.15) is 67.7 Å². The van der Waals surface area contributed by atoms with Crippen LogP contribution in [0.2, 0.25) is 0 Å². The van der Waals surface area contributed by atoms with Crippen LogP contribution in [-0.2, 0) is 9.59 Å². The van der Waals surface area contributed by atoms with E-state index in [0.717, 1.165) is 18.4 Å². The average molecular weight is 350 g/mol. The van der Waals surface area contributed by atoms with E-state index in [1.165, 1.54) is 0 Å². The molecule has 5 atom stereocenters. The lowest BCUT2D eigenvalue weighted by atomic mass is 9.51. The number of amides is 1. The minimum atomic E-state index is -1.12. The summed E-state index contributed by atoms with van der Waals surface area (Å²) in [6, 6.07) is 0. The van der Waals surface area contributed by atoms with Gasteiger partial charge in [-0.2, -0.15) is 0 Å². The summed E-state index contributed by atoms with van der Waals surface area (Å²) in [5.74, 6) is -0.910. The molecule has 2 aliphatic carbocycles. The number of allylic oxidation sites excluding steroid dienone is 2. The summed E-state index contributed by atoms with van der Waals surface area (Å²) in [6.07, 6.45) is 4.53. The molecule has 0 aromatic carbocycles. The highest BCUT2D eigenvalue weighted by Crippen LogP contribution is 2.80. The Bertz CT molecular complexity index is 602. The number of hydrogen-bond donors (Lipinski definition) is 2. The number of hydrogen-bond acceptors (Lipinski definition) is 2. The first kappa shape index (κ1) is 20.0. The van der Waals surface area contributed by atoms with Crippen molar-refractivity contribution >= 4 is 11.9 Å². The van der Waals surface area contributed by atoms with E-state index in [1.807, 2.05) is 27.7 Å². The fourth-order valence-electron chi connectivity index (χ4n) is 6.27. The fourth-order valence-corrected chi connectivity index (χ4v) is 6.27. The maximum atomic E-state index is 13.0. The lowest BCUT2D eigenvalue weighted by Crippen LogP contribution is -2.58. The van der Waals surface area contributed by atoms with E-state index in [4.69, 9.17) is 5.73 Å². The Morgan fingerprint density at radius 1 is 1.20 bits per heavy atom. The Balaban J connectivity index is 2.77. The molecule has 0 aromatic rings. The minimum absolute atomic E-state index is 0.00661. The second-order valence-electron chi connectivity index (χ2n) is 9.63. The molecule has 0 unspecified atom stereocenters. The predicted molar refractivity (Wildman–Crippen MR) is 99.7 cm³/mol. The maximum absolute atomic E-state index is 13.0. The molecule has 3 N–H and O–H groups in total. The second-order valence-corrected chi connectivity index (χ2v) is 9.63. The van der Waals surface area contributed by atoms with Gasteiger partial charge in [0, 0.05) is 5.92 Å². The first-order valence-corrected chi connectivity index (χ1v) is 9.55. The number of aliphatic carboxylic acids is 1. The van der Waals surface area contributed by atoms with E-state index < -0.39 is 28.1 Å². The molecule has 0 aromatic heterocycles. The third-order valence-electron chi connectivity index (χ3n) is 7.24. The molecule has 2 fully saturated rings. The van der Waals surface area contributed by atoms with E-state index in [2.05, 4.69) is 26.8 Å². The summed E-state index contributed by atoms with van der Waals surface area (Å²) in [5.41, 5.74) is 4.53.